The van der Waals surface area contributed by atoms with Gasteiger partial charge < -0.3 is 15.0 Å². The third kappa shape index (κ3) is 5.82. The number of rotatable bonds is 4. The highest BCUT2D eigenvalue weighted by molar-refractivity contribution is 5.77. The average molecular weight is 558 g/mol. The summed E-state index contributed by atoms with van der Waals surface area (Å²) in [6, 6.07) is 9.92. The van der Waals surface area contributed by atoms with Crippen LogP contribution in [0.1, 0.15) is 78.1 Å². The van der Waals surface area contributed by atoms with Crippen LogP contribution in [-0.4, -0.2) is 47.5 Å². The summed E-state index contributed by atoms with van der Waals surface area (Å²) in [7, 11) is 0. The Morgan fingerprint density at radius 2 is 1.78 bits per heavy atom. The third-order valence-corrected chi connectivity index (χ3v) is 7.07. The molecule has 1 N–H and O–H groups in total. The number of fused-ring (bicyclic) bond motifs is 2. The monoisotopic (exact) mass is 557 g/mol. The number of benzene rings is 1. The van der Waals surface area contributed by atoms with Crippen molar-refractivity contribution in [3.05, 3.63) is 69.8 Å². The molecule has 1 aliphatic rings. The number of hydrogen-bond acceptors (Lipinski definition) is 7. The molecule has 0 atom stereocenters. The molecule has 4 heterocycles. The molecular weight excluding hydrogens is 518 g/mol. The average Bonchev–Trinajstić information content (AvgIpc) is 3.18. The molecule has 1 aromatic carbocycles. The predicted molar refractivity (Wildman–Crippen MR) is 160 cm³/mol. The number of carbonyl (C=O) groups excluding carboxylic acids is 1. The van der Waals surface area contributed by atoms with Crippen molar-refractivity contribution >= 4 is 28.8 Å². The lowest BCUT2D eigenvalue weighted by Crippen LogP contribution is -2.39. The van der Waals surface area contributed by atoms with E-state index in [2.05, 4.69) is 42.1 Å². The maximum Gasteiger partial charge on any atom is 0.410 e. The van der Waals surface area contributed by atoms with Crippen molar-refractivity contribution in [2.45, 2.75) is 85.4 Å². The molecule has 0 saturated heterocycles. The number of carbonyl (C=O) groups is 1. The van der Waals surface area contributed by atoms with Crippen LogP contribution >= 0.6 is 0 Å². The summed E-state index contributed by atoms with van der Waals surface area (Å²) in [6.45, 7) is 17.1. The van der Waals surface area contributed by atoms with Gasteiger partial charge in [-0.05, 0) is 87.4 Å². The summed E-state index contributed by atoms with van der Waals surface area (Å²) in [4.78, 5) is 41.6. The molecule has 1 aliphatic heterocycles. The largest absolute Gasteiger partial charge is 0.444 e. The van der Waals surface area contributed by atoms with Crippen LogP contribution in [0.15, 0.2) is 47.5 Å². The van der Waals surface area contributed by atoms with Crippen LogP contribution in [0.4, 0.5) is 16.4 Å². The molecule has 0 bridgehead atoms. The minimum absolute atomic E-state index is 0.0817. The SMILES string of the molecule is CC(C)n1c(=O)c2cnc(Nc3ccc4c(c3)CCN(C(=O)OC(C)(C)C)C4)nc2n1-c1cc(C(C)(C)C)ccn1. The Hall–Kier alpha value is -4.21. The van der Waals surface area contributed by atoms with Crippen molar-refractivity contribution in [2.24, 2.45) is 0 Å². The van der Waals surface area contributed by atoms with Crippen molar-refractivity contribution in [3.8, 4) is 5.82 Å². The molecule has 0 unspecified atom stereocenters. The molecule has 1 amide bonds. The van der Waals surface area contributed by atoms with Gasteiger partial charge in [0.1, 0.15) is 11.0 Å². The fraction of sp³-hybridized carbons (Fsp3) is 0.452. The van der Waals surface area contributed by atoms with Crippen LogP contribution in [0.5, 0.6) is 0 Å². The van der Waals surface area contributed by atoms with Crippen molar-refractivity contribution in [1.82, 2.24) is 29.2 Å². The number of nitrogens with one attached hydrogen (secondary N) is 1. The molecule has 0 radical (unpaired) electrons. The van der Waals surface area contributed by atoms with Gasteiger partial charge in [0, 0.05) is 37.2 Å². The van der Waals surface area contributed by atoms with Crippen LogP contribution in [0, 0.1) is 0 Å². The van der Waals surface area contributed by atoms with Gasteiger partial charge in [0.15, 0.2) is 11.5 Å². The van der Waals surface area contributed by atoms with Gasteiger partial charge in [-0.2, -0.15) is 4.98 Å². The summed E-state index contributed by atoms with van der Waals surface area (Å²) in [5, 5.41) is 3.74. The van der Waals surface area contributed by atoms with Gasteiger partial charge in [0.25, 0.3) is 5.56 Å². The van der Waals surface area contributed by atoms with Gasteiger partial charge >= 0.3 is 6.09 Å². The quantitative estimate of drug-likeness (QED) is 0.333. The minimum Gasteiger partial charge on any atom is -0.444 e. The lowest BCUT2D eigenvalue weighted by Gasteiger charge is -2.31. The topological polar surface area (TPSA) is 107 Å². The zero-order valence-electron chi connectivity index (χ0n) is 25.1. The molecular formula is C31H39N7O3. The Morgan fingerprint density at radius 1 is 1.02 bits per heavy atom. The van der Waals surface area contributed by atoms with E-state index < -0.39 is 5.60 Å². The van der Waals surface area contributed by atoms with Crippen molar-refractivity contribution < 1.29 is 9.53 Å². The van der Waals surface area contributed by atoms with Gasteiger partial charge in [0.05, 0.1) is 0 Å². The molecule has 216 valence electrons. The summed E-state index contributed by atoms with van der Waals surface area (Å²) in [5.74, 6) is 1.01. The highest BCUT2D eigenvalue weighted by Gasteiger charge is 2.26. The Balaban J connectivity index is 1.47. The number of nitrogens with zero attached hydrogens (tertiary/aromatic N) is 6. The lowest BCUT2D eigenvalue weighted by molar-refractivity contribution is 0.0224. The van der Waals surface area contributed by atoms with E-state index in [0.29, 0.717) is 35.9 Å². The van der Waals surface area contributed by atoms with E-state index in [1.165, 1.54) is 0 Å². The van der Waals surface area contributed by atoms with Gasteiger partial charge in [-0.15, -0.1) is 0 Å². The van der Waals surface area contributed by atoms with Crippen LogP contribution < -0.4 is 10.9 Å². The van der Waals surface area contributed by atoms with Gasteiger partial charge in [0.2, 0.25) is 5.95 Å². The summed E-state index contributed by atoms with van der Waals surface area (Å²) in [5.41, 5.74) is 3.90. The Labute approximate surface area is 240 Å². The third-order valence-electron chi connectivity index (χ3n) is 7.07. The summed E-state index contributed by atoms with van der Waals surface area (Å²) in [6.07, 6.45) is 3.77. The molecule has 10 heteroatoms. The molecule has 0 saturated carbocycles. The first-order chi connectivity index (χ1) is 19.2. The van der Waals surface area contributed by atoms with Crippen LogP contribution in [0.25, 0.3) is 16.9 Å². The molecule has 0 aliphatic carbocycles. The molecule has 0 spiro atoms. The number of anilines is 2. The summed E-state index contributed by atoms with van der Waals surface area (Å²) < 4.78 is 9.02. The van der Waals surface area contributed by atoms with Crippen LogP contribution in [0.2, 0.25) is 0 Å². The first kappa shape index (κ1) is 28.3. The Morgan fingerprint density at radius 3 is 2.46 bits per heavy atom. The molecule has 3 aromatic heterocycles. The smallest absolute Gasteiger partial charge is 0.410 e. The second kappa shape index (κ2) is 10.3. The number of aromatic nitrogens is 5. The highest BCUT2D eigenvalue weighted by Crippen LogP contribution is 2.27. The highest BCUT2D eigenvalue weighted by atomic mass is 16.6. The van der Waals surface area contributed by atoms with E-state index in [1.54, 1.807) is 26.7 Å². The van der Waals surface area contributed by atoms with E-state index in [9.17, 15) is 9.59 Å². The van der Waals surface area contributed by atoms with Gasteiger partial charge in [-0.1, -0.05) is 26.8 Å². The van der Waals surface area contributed by atoms with Gasteiger partial charge in [-0.25, -0.2) is 24.1 Å². The minimum atomic E-state index is -0.529. The van der Waals surface area contributed by atoms with E-state index in [0.717, 1.165) is 28.8 Å². The maximum absolute atomic E-state index is 13.4. The Kier molecular flexibility index (Phi) is 7.13. The molecule has 10 nitrogen and oxygen atoms in total. The van der Waals surface area contributed by atoms with E-state index >= 15 is 0 Å². The molecule has 4 aromatic rings. The zero-order chi connectivity index (χ0) is 29.7. The van der Waals surface area contributed by atoms with E-state index in [1.807, 2.05) is 58.9 Å². The standard InChI is InChI=1S/C31H39N7O3/c1-19(2)37-27(39)24-17-33-28(35-26(24)38(37)25-16-22(11-13-32-25)30(3,4)5)34-23-10-9-21-18-36(14-12-20(21)15-23)29(40)41-31(6,7)8/h9-11,13,15-17,19H,12,14,18H2,1-8H3,(H,33,34,35). The molecule has 0 fully saturated rings. The van der Waals surface area contributed by atoms with Gasteiger partial charge in [-0.3, -0.25) is 4.79 Å². The fourth-order valence-corrected chi connectivity index (χ4v) is 4.99. The lowest BCUT2D eigenvalue weighted by atomic mass is 9.88. The van der Waals surface area contributed by atoms with Crippen LogP contribution in [-0.2, 0) is 23.1 Å². The van der Waals surface area contributed by atoms with E-state index in [-0.39, 0.29) is 23.1 Å². The number of amides is 1. The second-order valence-electron chi connectivity index (χ2n) is 12.9. The normalized spacial score (nSPS) is 13.9. The molecule has 41 heavy (non-hydrogen) atoms. The summed E-state index contributed by atoms with van der Waals surface area (Å²) >= 11 is 0. The Bertz CT molecular complexity index is 1670. The van der Waals surface area contributed by atoms with Crippen molar-refractivity contribution in [2.75, 3.05) is 11.9 Å². The molecule has 5 rings (SSSR count). The van der Waals surface area contributed by atoms with E-state index in [4.69, 9.17) is 9.72 Å². The number of pyridine rings is 1. The second-order valence-corrected chi connectivity index (χ2v) is 12.9. The fourth-order valence-electron chi connectivity index (χ4n) is 4.99. The number of ether oxygens (including phenoxy) is 1. The predicted octanol–water partition coefficient (Wildman–Crippen LogP) is 5.89. The first-order valence-electron chi connectivity index (χ1n) is 14.1. The maximum atomic E-state index is 13.4. The first-order valence-corrected chi connectivity index (χ1v) is 14.1. The number of hydrogen-bond donors (Lipinski definition) is 1. The van der Waals surface area contributed by atoms with Crippen molar-refractivity contribution in [3.63, 3.8) is 0 Å². The van der Waals surface area contributed by atoms with Crippen LogP contribution in [0.3, 0.4) is 0 Å². The zero-order valence-corrected chi connectivity index (χ0v) is 25.1. The van der Waals surface area contributed by atoms with Crippen molar-refractivity contribution in [1.29, 1.82) is 0 Å².